The fourth-order valence-corrected chi connectivity index (χ4v) is 1.88. The third-order valence-electron chi connectivity index (χ3n) is 2.64. The fourth-order valence-electron chi connectivity index (χ4n) is 1.67. The predicted molar refractivity (Wildman–Crippen MR) is 80.4 cm³/mol. The lowest BCUT2D eigenvalue weighted by Crippen LogP contribution is -2.11. The minimum atomic E-state index is -0.487. The first kappa shape index (κ1) is 17.5. The summed E-state index contributed by atoms with van der Waals surface area (Å²) in [5.74, 6) is 1.21. The average Bonchev–Trinajstić information content (AvgIpc) is 2.45. The average molecular weight is 318 g/mol. The second-order valence-electron chi connectivity index (χ2n) is 4.84. The molecule has 7 heteroatoms. The maximum Gasteiger partial charge on any atom is 0.277 e. The summed E-state index contributed by atoms with van der Waals surface area (Å²) < 4.78 is 16.1. The number of benzene rings is 1. The number of alkyl halides is 1. The van der Waals surface area contributed by atoms with Gasteiger partial charge in [0.05, 0.1) is 30.6 Å². The summed E-state index contributed by atoms with van der Waals surface area (Å²) in [6, 6.07) is 2.86. The van der Waals surface area contributed by atoms with E-state index in [9.17, 15) is 10.1 Å². The van der Waals surface area contributed by atoms with Crippen LogP contribution < -0.4 is 9.47 Å². The molecule has 0 radical (unpaired) electrons. The molecule has 0 fully saturated rings. The van der Waals surface area contributed by atoms with Crippen LogP contribution in [-0.2, 0) is 10.6 Å². The molecule has 0 bridgehead atoms. The molecular formula is C14H20ClNO5. The molecule has 0 heterocycles. The van der Waals surface area contributed by atoms with Crippen LogP contribution in [0.1, 0.15) is 19.4 Å². The zero-order chi connectivity index (χ0) is 15.8. The highest BCUT2D eigenvalue weighted by atomic mass is 35.5. The number of ether oxygens (including phenoxy) is 3. The molecule has 0 atom stereocenters. The molecule has 0 saturated carbocycles. The van der Waals surface area contributed by atoms with Crippen LogP contribution in [-0.4, -0.2) is 31.9 Å². The highest BCUT2D eigenvalue weighted by Gasteiger charge is 2.19. The Kier molecular flexibility index (Phi) is 7.25. The zero-order valence-corrected chi connectivity index (χ0v) is 13.2. The number of nitro benzene ring substituents is 1. The maximum atomic E-state index is 11.0. The fraction of sp³-hybridized carbons (Fsp3) is 0.571. The highest BCUT2D eigenvalue weighted by molar-refractivity contribution is 6.17. The van der Waals surface area contributed by atoms with Crippen molar-refractivity contribution in [2.24, 2.45) is 5.92 Å². The molecule has 0 aromatic heterocycles. The first-order chi connectivity index (χ1) is 9.99. The molecule has 0 amide bonds. The minimum Gasteiger partial charge on any atom is -0.493 e. The summed E-state index contributed by atoms with van der Waals surface area (Å²) in [6.45, 7) is 5.45. The van der Waals surface area contributed by atoms with E-state index in [0.29, 0.717) is 42.8 Å². The van der Waals surface area contributed by atoms with Gasteiger partial charge in [0.2, 0.25) is 0 Å². The van der Waals surface area contributed by atoms with E-state index >= 15 is 0 Å². The van der Waals surface area contributed by atoms with Gasteiger partial charge in [-0.15, -0.1) is 11.6 Å². The molecular weight excluding hydrogens is 298 g/mol. The normalized spacial score (nSPS) is 10.7. The van der Waals surface area contributed by atoms with Gasteiger partial charge in [-0.3, -0.25) is 10.1 Å². The molecule has 0 saturated heterocycles. The van der Waals surface area contributed by atoms with Gasteiger partial charge in [-0.1, -0.05) is 13.8 Å². The van der Waals surface area contributed by atoms with E-state index in [-0.39, 0.29) is 11.6 Å². The van der Waals surface area contributed by atoms with Gasteiger partial charge < -0.3 is 14.2 Å². The summed E-state index contributed by atoms with van der Waals surface area (Å²) in [5.41, 5.74) is 0.311. The van der Waals surface area contributed by atoms with Crippen LogP contribution in [0, 0.1) is 16.0 Å². The number of halogens is 1. The van der Waals surface area contributed by atoms with E-state index in [1.54, 1.807) is 0 Å². The second kappa shape index (κ2) is 8.69. The lowest BCUT2D eigenvalue weighted by Gasteiger charge is -2.12. The number of nitrogens with zero attached hydrogens (tertiary/aromatic N) is 1. The van der Waals surface area contributed by atoms with Gasteiger partial charge in [0.15, 0.2) is 11.5 Å². The molecule has 21 heavy (non-hydrogen) atoms. The lowest BCUT2D eigenvalue weighted by molar-refractivity contribution is -0.385. The largest absolute Gasteiger partial charge is 0.493 e. The molecule has 0 N–H and O–H groups in total. The molecule has 1 rings (SSSR count). The van der Waals surface area contributed by atoms with Crippen LogP contribution in [0.4, 0.5) is 5.69 Å². The Hall–Kier alpha value is -1.53. The summed E-state index contributed by atoms with van der Waals surface area (Å²) >= 11 is 5.71. The number of hydrogen-bond acceptors (Lipinski definition) is 5. The molecule has 6 nitrogen and oxygen atoms in total. The summed E-state index contributed by atoms with van der Waals surface area (Å²) in [7, 11) is 1.47. The van der Waals surface area contributed by atoms with E-state index in [2.05, 4.69) is 13.8 Å². The molecule has 0 unspecified atom stereocenters. The van der Waals surface area contributed by atoms with Crippen molar-refractivity contribution in [3.63, 3.8) is 0 Å². The third-order valence-corrected chi connectivity index (χ3v) is 2.93. The topological polar surface area (TPSA) is 70.8 Å². The number of rotatable bonds is 9. The molecule has 0 aliphatic rings. The monoisotopic (exact) mass is 317 g/mol. The van der Waals surface area contributed by atoms with Crippen LogP contribution in [0.15, 0.2) is 12.1 Å². The van der Waals surface area contributed by atoms with Gasteiger partial charge in [0.25, 0.3) is 5.69 Å². The van der Waals surface area contributed by atoms with Crippen molar-refractivity contribution in [3.8, 4) is 11.5 Å². The SMILES string of the molecule is COc1cc(CCl)c([N+](=O)[O-])cc1OCCOCC(C)C. The van der Waals surface area contributed by atoms with E-state index in [1.807, 2.05) is 0 Å². The van der Waals surface area contributed by atoms with Gasteiger partial charge in [0, 0.05) is 12.2 Å². The standard InChI is InChI=1S/C14H20ClNO5/c1-10(2)9-20-4-5-21-14-7-12(16(17)18)11(8-15)6-13(14)19-3/h6-7,10H,4-5,8-9H2,1-3H3. The quantitative estimate of drug-likeness (QED) is 0.302. The molecule has 0 aliphatic heterocycles. The van der Waals surface area contributed by atoms with Crippen molar-refractivity contribution < 1.29 is 19.1 Å². The van der Waals surface area contributed by atoms with Crippen LogP contribution in [0.5, 0.6) is 11.5 Å². The Labute approximate surface area is 129 Å². The van der Waals surface area contributed by atoms with E-state index < -0.39 is 4.92 Å². The zero-order valence-electron chi connectivity index (χ0n) is 12.4. The lowest BCUT2D eigenvalue weighted by atomic mass is 10.2. The number of hydrogen-bond donors (Lipinski definition) is 0. The first-order valence-electron chi connectivity index (χ1n) is 6.61. The number of nitro groups is 1. The van der Waals surface area contributed by atoms with E-state index in [0.717, 1.165) is 0 Å². The Morgan fingerprint density at radius 1 is 1.29 bits per heavy atom. The van der Waals surface area contributed by atoms with Gasteiger partial charge in [-0.25, -0.2) is 0 Å². The molecule has 0 spiro atoms. The van der Waals surface area contributed by atoms with E-state index in [1.165, 1.54) is 19.2 Å². The van der Waals surface area contributed by atoms with Crippen LogP contribution in [0.2, 0.25) is 0 Å². The molecule has 0 aliphatic carbocycles. The van der Waals surface area contributed by atoms with Gasteiger partial charge in [-0.2, -0.15) is 0 Å². The van der Waals surface area contributed by atoms with Crippen LogP contribution in [0.3, 0.4) is 0 Å². The third kappa shape index (κ3) is 5.40. The molecule has 1 aromatic carbocycles. The second-order valence-corrected chi connectivity index (χ2v) is 5.11. The van der Waals surface area contributed by atoms with Gasteiger partial charge >= 0.3 is 0 Å². The summed E-state index contributed by atoms with van der Waals surface area (Å²) in [6.07, 6.45) is 0. The van der Waals surface area contributed by atoms with Crippen molar-refractivity contribution in [2.75, 3.05) is 26.9 Å². The van der Waals surface area contributed by atoms with Crippen LogP contribution >= 0.6 is 11.6 Å². The Morgan fingerprint density at radius 3 is 2.52 bits per heavy atom. The van der Waals surface area contributed by atoms with Gasteiger partial charge in [-0.05, 0) is 12.0 Å². The smallest absolute Gasteiger partial charge is 0.277 e. The molecule has 118 valence electrons. The van der Waals surface area contributed by atoms with Gasteiger partial charge in [0.1, 0.15) is 6.61 Å². The van der Waals surface area contributed by atoms with Crippen LogP contribution in [0.25, 0.3) is 0 Å². The Bertz CT molecular complexity index is 479. The number of methoxy groups -OCH3 is 1. The van der Waals surface area contributed by atoms with Crippen molar-refractivity contribution in [1.29, 1.82) is 0 Å². The minimum absolute atomic E-state index is 0.0322. The Morgan fingerprint density at radius 2 is 2.00 bits per heavy atom. The molecule has 1 aromatic rings. The predicted octanol–water partition coefficient (Wildman–Crippen LogP) is 3.39. The Balaban J connectivity index is 2.76. The van der Waals surface area contributed by atoms with Crippen molar-refractivity contribution >= 4 is 17.3 Å². The maximum absolute atomic E-state index is 11.0. The van der Waals surface area contributed by atoms with Crippen molar-refractivity contribution in [3.05, 3.63) is 27.8 Å². The highest BCUT2D eigenvalue weighted by Crippen LogP contribution is 2.35. The van der Waals surface area contributed by atoms with Crippen molar-refractivity contribution in [2.45, 2.75) is 19.7 Å². The summed E-state index contributed by atoms with van der Waals surface area (Å²) in [5, 5.41) is 11.0. The van der Waals surface area contributed by atoms with Crippen molar-refractivity contribution in [1.82, 2.24) is 0 Å². The van der Waals surface area contributed by atoms with E-state index in [4.69, 9.17) is 25.8 Å². The summed E-state index contributed by atoms with van der Waals surface area (Å²) in [4.78, 5) is 10.5. The first-order valence-corrected chi connectivity index (χ1v) is 7.14.